The SMILES string of the molecule is CCC(=O)[C@H](Cc1cnc[nH]1)NC(=O)OC. The Morgan fingerprint density at radius 2 is 2.38 bits per heavy atom. The van der Waals surface area contributed by atoms with Crippen LogP contribution in [0.4, 0.5) is 4.79 Å². The first-order valence-electron chi connectivity index (χ1n) is 5.01. The average Bonchev–Trinajstić information content (AvgIpc) is 2.79. The molecule has 0 aliphatic carbocycles. The maximum atomic E-state index is 11.6. The molecule has 6 heteroatoms. The molecule has 0 aromatic carbocycles. The zero-order valence-corrected chi connectivity index (χ0v) is 9.32. The van der Waals surface area contributed by atoms with Crippen molar-refractivity contribution >= 4 is 11.9 Å². The second-order valence-corrected chi connectivity index (χ2v) is 3.29. The molecule has 88 valence electrons. The molecule has 0 aliphatic heterocycles. The van der Waals surface area contributed by atoms with Crippen LogP contribution in [0.25, 0.3) is 0 Å². The Kier molecular flexibility index (Phi) is 4.50. The molecule has 0 saturated carbocycles. The lowest BCUT2D eigenvalue weighted by atomic mass is 10.1. The summed E-state index contributed by atoms with van der Waals surface area (Å²) < 4.78 is 4.47. The van der Waals surface area contributed by atoms with Crippen LogP contribution in [-0.4, -0.2) is 35.0 Å². The van der Waals surface area contributed by atoms with Crippen molar-refractivity contribution < 1.29 is 14.3 Å². The van der Waals surface area contributed by atoms with E-state index in [1.165, 1.54) is 13.4 Å². The van der Waals surface area contributed by atoms with Gasteiger partial charge in [0.25, 0.3) is 0 Å². The first-order chi connectivity index (χ1) is 7.67. The third-order valence-corrected chi connectivity index (χ3v) is 2.19. The molecule has 1 aromatic rings. The van der Waals surface area contributed by atoms with E-state index in [-0.39, 0.29) is 5.78 Å². The maximum absolute atomic E-state index is 11.6. The number of alkyl carbamates (subject to hydrolysis) is 1. The molecule has 0 radical (unpaired) electrons. The molecule has 1 amide bonds. The molecule has 1 atom stereocenters. The Morgan fingerprint density at radius 1 is 1.62 bits per heavy atom. The van der Waals surface area contributed by atoms with Crippen molar-refractivity contribution in [3.8, 4) is 0 Å². The van der Waals surface area contributed by atoms with Gasteiger partial charge in [0.15, 0.2) is 5.78 Å². The molecule has 2 N–H and O–H groups in total. The van der Waals surface area contributed by atoms with Gasteiger partial charge in [-0.3, -0.25) is 4.79 Å². The second-order valence-electron chi connectivity index (χ2n) is 3.29. The molecule has 0 unspecified atom stereocenters. The van der Waals surface area contributed by atoms with E-state index in [2.05, 4.69) is 20.0 Å². The number of ether oxygens (including phenoxy) is 1. The van der Waals surface area contributed by atoms with Gasteiger partial charge in [-0.2, -0.15) is 0 Å². The van der Waals surface area contributed by atoms with Crippen LogP contribution in [0, 0.1) is 0 Å². The molecule has 1 rings (SSSR count). The van der Waals surface area contributed by atoms with Gasteiger partial charge in [-0.1, -0.05) is 6.92 Å². The van der Waals surface area contributed by atoms with Crippen molar-refractivity contribution in [1.82, 2.24) is 15.3 Å². The topological polar surface area (TPSA) is 84.1 Å². The highest BCUT2D eigenvalue weighted by Gasteiger charge is 2.20. The first kappa shape index (κ1) is 12.2. The number of Topliss-reactive ketones (excluding diaryl/α,β-unsaturated/α-hetero) is 1. The second kappa shape index (κ2) is 5.89. The van der Waals surface area contributed by atoms with Crippen LogP contribution in [0.15, 0.2) is 12.5 Å². The number of ketones is 1. The molecule has 0 aliphatic rings. The number of nitrogens with zero attached hydrogens (tertiary/aromatic N) is 1. The van der Waals surface area contributed by atoms with Crippen LogP contribution in [0.1, 0.15) is 19.0 Å². The molecule has 0 spiro atoms. The largest absolute Gasteiger partial charge is 0.453 e. The third-order valence-electron chi connectivity index (χ3n) is 2.19. The monoisotopic (exact) mass is 225 g/mol. The molecule has 0 saturated heterocycles. The number of rotatable bonds is 5. The van der Waals surface area contributed by atoms with Crippen molar-refractivity contribution in [2.45, 2.75) is 25.8 Å². The first-order valence-corrected chi connectivity index (χ1v) is 5.01. The number of carbonyl (C=O) groups is 2. The number of hydrogen-bond donors (Lipinski definition) is 2. The van der Waals surface area contributed by atoms with Gasteiger partial charge in [0.1, 0.15) is 0 Å². The van der Waals surface area contributed by atoms with E-state index in [4.69, 9.17) is 0 Å². The zero-order chi connectivity index (χ0) is 12.0. The van der Waals surface area contributed by atoms with Gasteiger partial charge in [0.2, 0.25) is 0 Å². The third kappa shape index (κ3) is 3.38. The van der Waals surface area contributed by atoms with E-state index >= 15 is 0 Å². The van der Waals surface area contributed by atoms with Crippen molar-refractivity contribution in [1.29, 1.82) is 0 Å². The highest BCUT2D eigenvalue weighted by atomic mass is 16.5. The van der Waals surface area contributed by atoms with Crippen LogP contribution in [-0.2, 0) is 16.0 Å². The molecule has 16 heavy (non-hydrogen) atoms. The molecular formula is C10H15N3O3. The Hall–Kier alpha value is -1.85. The van der Waals surface area contributed by atoms with Gasteiger partial charge in [-0.25, -0.2) is 9.78 Å². The maximum Gasteiger partial charge on any atom is 0.407 e. The molecule has 1 heterocycles. The lowest BCUT2D eigenvalue weighted by molar-refractivity contribution is -0.120. The summed E-state index contributed by atoms with van der Waals surface area (Å²) in [6.07, 6.45) is 3.30. The molecule has 1 aromatic heterocycles. The summed E-state index contributed by atoms with van der Waals surface area (Å²) in [5.41, 5.74) is 0.795. The quantitative estimate of drug-likeness (QED) is 0.770. The highest BCUT2D eigenvalue weighted by Crippen LogP contribution is 2.02. The van der Waals surface area contributed by atoms with E-state index in [0.717, 1.165) is 5.69 Å². The predicted octanol–water partition coefficient (Wildman–Crippen LogP) is 0.656. The van der Waals surface area contributed by atoms with E-state index < -0.39 is 12.1 Å². The van der Waals surface area contributed by atoms with Crippen LogP contribution in [0.3, 0.4) is 0 Å². The van der Waals surface area contributed by atoms with Crippen LogP contribution in [0.2, 0.25) is 0 Å². The number of aromatic amines is 1. The van der Waals surface area contributed by atoms with Gasteiger partial charge in [0.05, 0.1) is 19.5 Å². The Morgan fingerprint density at radius 3 is 2.88 bits per heavy atom. The van der Waals surface area contributed by atoms with E-state index in [1.54, 1.807) is 13.1 Å². The molecule has 0 bridgehead atoms. The van der Waals surface area contributed by atoms with E-state index in [0.29, 0.717) is 12.8 Å². The zero-order valence-electron chi connectivity index (χ0n) is 9.32. The minimum atomic E-state index is -0.605. The standard InChI is InChI=1S/C10H15N3O3/c1-3-9(14)8(13-10(15)16-2)4-7-5-11-6-12-7/h5-6,8H,3-4H2,1-2H3,(H,11,12)(H,13,15)/t8-/m0/s1. The molecule has 6 nitrogen and oxygen atoms in total. The fraction of sp³-hybridized carbons (Fsp3) is 0.500. The minimum absolute atomic E-state index is 0.0417. The lowest BCUT2D eigenvalue weighted by Crippen LogP contribution is -2.42. The van der Waals surface area contributed by atoms with Crippen LogP contribution < -0.4 is 5.32 Å². The van der Waals surface area contributed by atoms with Gasteiger partial charge < -0.3 is 15.0 Å². The average molecular weight is 225 g/mol. The minimum Gasteiger partial charge on any atom is -0.453 e. The Labute approximate surface area is 93.4 Å². The Balaban J connectivity index is 2.64. The summed E-state index contributed by atoms with van der Waals surface area (Å²) >= 11 is 0. The normalized spacial score (nSPS) is 11.9. The van der Waals surface area contributed by atoms with Gasteiger partial charge in [-0.05, 0) is 0 Å². The summed E-state index contributed by atoms with van der Waals surface area (Å²) in [6.45, 7) is 1.75. The van der Waals surface area contributed by atoms with Crippen molar-refractivity contribution in [3.05, 3.63) is 18.2 Å². The number of carbonyl (C=O) groups excluding carboxylic acids is 2. The van der Waals surface area contributed by atoms with Gasteiger partial charge >= 0.3 is 6.09 Å². The smallest absolute Gasteiger partial charge is 0.407 e. The van der Waals surface area contributed by atoms with E-state index in [9.17, 15) is 9.59 Å². The number of imidazole rings is 1. The number of hydrogen-bond acceptors (Lipinski definition) is 4. The van der Waals surface area contributed by atoms with Crippen molar-refractivity contribution in [3.63, 3.8) is 0 Å². The highest BCUT2D eigenvalue weighted by molar-refractivity contribution is 5.87. The summed E-state index contributed by atoms with van der Waals surface area (Å²) in [5, 5.41) is 2.50. The van der Waals surface area contributed by atoms with Crippen LogP contribution >= 0.6 is 0 Å². The summed E-state index contributed by atoms with van der Waals surface area (Å²) in [5.74, 6) is -0.0417. The molecular weight excluding hydrogens is 210 g/mol. The van der Waals surface area contributed by atoms with Crippen molar-refractivity contribution in [2.24, 2.45) is 0 Å². The number of H-pyrrole nitrogens is 1. The number of amides is 1. The lowest BCUT2D eigenvalue weighted by Gasteiger charge is -2.15. The fourth-order valence-corrected chi connectivity index (χ4v) is 1.31. The summed E-state index contributed by atoms with van der Waals surface area (Å²) in [6, 6.07) is -0.571. The predicted molar refractivity (Wildman–Crippen MR) is 56.9 cm³/mol. The van der Waals surface area contributed by atoms with E-state index in [1.807, 2.05) is 0 Å². The Bertz CT molecular complexity index is 348. The summed E-state index contributed by atoms with van der Waals surface area (Å²) in [4.78, 5) is 29.4. The molecule has 0 fully saturated rings. The van der Waals surface area contributed by atoms with Gasteiger partial charge in [0, 0.05) is 24.7 Å². The number of methoxy groups -OCH3 is 1. The van der Waals surface area contributed by atoms with Crippen molar-refractivity contribution in [2.75, 3.05) is 7.11 Å². The van der Waals surface area contributed by atoms with Gasteiger partial charge in [-0.15, -0.1) is 0 Å². The fourth-order valence-electron chi connectivity index (χ4n) is 1.31. The van der Waals surface area contributed by atoms with Crippen LogP contribution in [0.5, 0.6) is 0 Å². The number of nitrogens with one attached hydrogen (secondary N) is 2. The summed E-state index contributed by atoms with van der Waals surface area (Å²) in [7, 11) is 1.26. The number of aromatic nitrogens is 2.